The average molecular weight is 289 g/mol. The first-order valence-corrected chi connectivity index (χ1v) is 8.23. The molecule has 2 N–H and O–H groups in total. The van der Waals surface area contributed by atoms with Gasteiger partial charge < -0.3 is 10.6 Å². The topological polar surface area (TPSA) is 54.8 Å². The van der Waals surface area contributed by atoms with Crippen molar-refractivity contribution in [3.8, 4) is 0 Å². The SMILES string of the molecule is c1csc(C2CCNc3cc(C4CCNCC4)nn32)n1. The number of fused-ring (bicyclic) bond motifs is 1. The van der Waals surface area contributed by atoms with Crippen LogP contribution in [0.2, 0.25) is 0 Å². The average Bonchev–Trinajstić information content (AvgIpc) is 3.17. The van der Waals surface area contributed by atoms with Crippen LogP contribution >= 0.6 is 11.3 Å². The van der Waals surface area contributed by atoms with Gasteiger partial charge in [-0.1, -0.05) is 0 Å². The molecule has 0 aliphatic carbocycles. The standard InChI is InChI=1S/C14H19N5S/c1-4-15-5-2-10(1)11-9-13-16-6-3-12(19(13)18-11)14-17-7-8-20-14/h7-10,12,15-16H,1-6H2. The largest absolute Gasteiger partial charge is 0.370 e. The summed E-state index contributed by atoms with van der Waals surface area (Å²) in [4.78, 5) is 4.48. The van der Waals surface area contributed by atoms with Crippen molar-refractivity contribution in [3.63, 3.8) is 0 Å². The van der Waals surface area contributed by atoms with Crippen LogP contribution in [0.1, 0.15) is 41.9 Å². The molecule has 0 amide bonds. The van der Waals surface area contributed by atoms with Crippen LogP contribution in [-0.2, 0) is 0 Å². The highest BCUT2D eigenvalue weighted by atomic mass is 32.1. The number of nitrogens with zero attached hydrogens (tertiary/aromatic N) is 3. The number of anilines is 1. The Morgan fingerprint density at radius 1 is 1.20 bits per heavy atom. The molecule has 1 unspecified atom stereocenters. The summed E-state index contributed by atoms with van der Waals surface area (Å²) in [5.74, 6) is 1.76. The van der Waals surface area contributed by atoms with E-state index >= 15 is 0 Å². The molecule has 5 nitrogen and oxygen atoms in total. The molecule has 0 spiro atoms. The van der Waals surface area contributed by atoms with Gasteiger partial charge in [-0.25, -0.2) is 9.67 Å². The van der Waals surface area contributed by atoms with E-state index in [1.165, 1.54) is 23.5 Å². The second-order valence-corrected chi connectivity index (χ2v) is 6.45. The van der Waals surface area contributed by atoms with Crippen molar-refractivity contribution in [2.24, 2.45) is 0 Å². The summed E-state index contributed by atoms with van der Waals surface area (Å²) in [5, 5.41) is 15.0. The Morgan fingerprint density at radius 3 is 2.90 bits per heavy atom. The molecule has 4 heterocycles. The smallest absolute Gasteiger partial charge is 0.125 e. The number of aromatic nitrogens is 3. The van der Waals surface area contributed by atoms with Crippen molar-refractivity contribution < 1.29 is 0 Å². The molecule has 6 heteroatoms. The van der Waals surface area contributed by atoms with Crippen LogP contribution in [0, 0.1) is 0 Å². The first kappa shape index (κ1) is 12.3. The van der Waals surface area contributed by atoms with E-state index in [9.17, 15) is 0 Å². The molecule has 2 aliphatic rings. The second kappa shape index (κ2) is 5.18. The van der Waals surface area contributed by atoms with Gasteiger partial charge in [-0.05, 0) is 32.4 Å². The lowest BCUT2D eigenvalue weighted by Gasteiger charge is -2.24. The molecule has 2 aromatic rings. The number of hydrogen-bond acceptors (Lipinski definition) is 5. The van der Waals surface area contributed by atoms with Gasteiger partial charge in [0, 0.05) is 30.1 Å². The number of hydrogen-bond donors (Lipinski definition) is 2. The van der Waals surface area contributed by atoms with E-state index in [2.05, 4.69) is 26.4 Å². The third kappa shape index (κ3) is 2.13. The van der Waals surface area contributed by atoms with E-state index in [1.807, 2.05) is 11.6 Å². The Morgan fingerprint density at radius 2 is 2.10 bits per heavy atom. The van der Waals surface area contributed by atoms with Crippen LogP contribution in [-0.4, -0.2) is 34.4 Å². The van der Waals surface area contributed by atoms with Crippen molar-refractivity contribution in [1.82, 2.24) is 20.1 Å². The fourth-order valence-electron chi connectivity index (χ4n) is 3.19. The Hall–Kier alpha value is -1.40. The van der Waals surface area contributed by atoms with Crippen molar-refractivity contribution in [2.75, 3.05) is 25.0 Å². The predicted molar refractivity (Wildman–Crippen MR) is 80.4 cm³/mol. The maximum absolute atomic E-state index is 4.90. The van der Waals surface area contributed by atoms with Gasteiger partial charge in [-0.15, -0.1) is 11.3 Å². The lowest BCUT2D eigenvalue weighted by atomic mass is 9.95. The van der Waals surface area contributed by atoms with Crippen molar-refractivity contribution >= 4 is 17.2 Å². The van der Waals surface area contributed by atoms with Gasteiger partial charge >= 0.3 is 0 Å². The second-order valence-electron chi connectivity index (χ2n) is 5.52. The van der Waals surface area contributed by atoms with Gasteiger partial charge in [0.2, 0.25) is 0 Å². The summed E-state index contributed by atoms with van der Waals surface area (Å²) < 4.78 is 2.15. The summed E-state index contributed by atoms with van der Waals surface area (Å²) in [6.07, 6.45) is 5.34. The predicted octanol–water partition coefficient (Wildman–Crippen LogP) is 2.21. The molecule has 1 atom stereocenters. The molecule has 0 bridgehead atoms. The maximum Gasteiger partial charge on any atom is 0.125 e. The van der Waals surface area contributed by atoms with E-state index in [1.54, 1.807) is 11.3 Å². The summed E-state index contributed by atoms with van der Waals surface area (Å²) in [5.41, 5.74) is 1.25. The summed E-state index contributed by atoms with van der Waals surface area (Å²) >= 11 is 1.73. The van der Waals surface area contributed by atoms with Crippen molar-refractivity contribution in [2.45, 2.75) is 31.2 Å². The quantitative estimate of drug-likeness (QED) is 0.890. The van der Waals surface area contributed by atoms with Gasteiger partial charge in [0.15, 0.2) is 0 Å². The lowest BCUT2D eigenvalue weighted by molar-refractivity contribution is 0.434. The molecule has 1 fully saturated rings. The minimum absolute atomic E-state index is 0.307. The third-order valence-electron chi connectivity index (χ3n) is 4.27. The maximum atomic E-state index is 4.90. The molecule has 2 aromatic heterocycles. The molecule has 4 rings (SSSR count). The zero-order chi connectivity index (χ0) is 13.4. The van der Waals surface area contributed by atoms with Crippen LogP contribution in [0.4, 0.5) is 5.82 Å². The highest BCUT2D eigenvalue weighted by Gasteiger charge is 2.27. The summed E-state index contributed by atoms with van der Waals surface area (Å²) in [6, 6.07) is 2.55. The molecule has 0 aromatic carbocycles. The molecule has 106 valence electrons. The van der Waals surface area contributed by atoms with Crippen LogP contribution in [0.15, 0.2) is 17.6 Å². The van der Waals surface area contributed by atoms with E-state index in [0.717, 1.165) is 31.9 Å². The van der Waals surface area contributed by atoms with E-state index in [4.69, 9.17) is 5.10 Å². The minimum atomic E-state index is 0.307. The van der Waals surface area contributed by atoms with E-state index in [0.29, 0.717) is 12.0 Å². The molecular weight excluding hydrogens is 270 g/mol. The molecule has 2 aliphatic heterocycles. The lowest BCUT2D eigenvalue weighted by Crippen LogP contribution is -2.27. The Balaban J connectivity index is 1.66. The van der Waals surface area contributed by atoms with E-state index in [-0.39, 0.29) is 0 Å². The van der Waals surface area contributed by atoms with Gasteiger partial charge in [0.1, 0.15) is 16.9 Å². The normalized spacial score (nSPS) is 23.3. The molecule has 0 saturated carbocycles. The first-order valence-electron chi connectivity index (χ1n) is 7.35. The Bertz CT molecular complexity index is 570. The number of rotatable bonds is 2. The summed E-state index contributed by atoms with van der Waals surface area (Å²) in [6.45, 7) is 3.22. The Labute approximate surface area is 122 Å². The number of piperidine rings is 1. The number of thiazole rings is 1. The monoisotopic (exact) mass is 289 g/mol. The molecule has 0 radical (unpaired) electrons. The van der Waals surface area contributed by atoms with Crippen LogP contribution in [0.25, 0.3) is 0 Å². The van der Waals surface area contributed by atoms with Crippen LogP contribution in [0.3, 0.4) is 0 Å². The van der Waals surface area contributed by atoms with Gasteiger partial charge in [-0.3, -0.25) is 0 Å². The van der Waals surface area contributed by atoms with Gasteiger partial charge in [0.05, 0.1) is 5.69 Å². The van der Waals surface area contributed by atoms with Gasteiger partial charge in [0.25, 0.3) is 0 Å². The third-order valence-corrected chi connectivity index (χ3v) is 5.14. The highest BCUT2D eigenvalue weighted by Crippen LogP contribution is 2.34. The molecule has 20 heavy (non-hydrogen) atoms. The van der Waals surface area contributed by atoms with Crippen molar-refractivity contribution in [3.05, 3.63) is 28.3 Å². The number of nitrogens with one attached hydrogen (secondary N) is 2. The van der Waals surface area contributed by atoms with Crippen molar-refractivity contribution in [1.29, 1.82) is 0 Å². The minimum Gasteiger partial charge on any atom is -0.370 e. The fourth-order valence-corrected chi connectivity index (χ4v) is 3.94. The molecular formula is C14H19N5S. The Kier molecular flexibility index (Phi) is 3.20. The summed E-state index contributed by atoms with van der Waals surface area (Å²) in [7, 11) is 0. The first-order chi connectivity index (χ1) is 9.92. The van der Waals surface area contributed by atoms with Crippen LogP contribution < -0.4 is 10.6 Å². The van der Waals surface area contributed by atoms with Crippen LogP contribution in [0.5, 0.6) is 0 Å². The van der Waals surface area contributed by atoms with E-state index < -0.39 is 0 Å². The molecule has 1 saturated heterocycles. The highest BCUT2D eigenvalue weighted by molar-refractivity contribution is 7.09. The van der Waals surface area contributed by atoms with Gasteiger partial charge in [-0.2, -0.15) is 5.10 Å². The fraction of sp³-hybridized carbons (Fsp3) is 0.571. The zero-order valence-corrected chi connectivity index (χ0v) is 12.2. The zero-order valence-electron chi connectivity index (χ0n) is 11.4.